The van der Waals surface area contributed by atoms with Crippen LogP contribution in [0.5, 0.6) is 0 Å². The molecule has 0 bridgehead atoms. The van der Waals surface area contributed by atoms with Crippen LogP contribution in [0, 0.1) is 0 Å². The maximum atomic E-state index is 11.3. The van der Waals surface area contributed by atoms with Gasteiger partial charge in [0.05, 0.1) is 0 Å². The topological polar surface area (TPSA) is 110 Å². The smallest absolute Gasteiger partial charge is 0.338 e. The van der Waals surface area contributed by atoms with E-state index in [4.69, 9.17) is 15.6 Å². The fraction of sp³-hybridized carbons (Fsp3) is 0.778. The minimum Gasteiger partial charge on any atom is -0.480 e. The van der Waals surface area contributed by atoms with Gasteiger partial charge in [-0.2, -0.15) is 0 Å². The fourth-order valence-corrected chi connectivity index (χ4v) is 0.719. The Hall–Kier alpha value is -1.14. The fourth-order valence-electron chi connectivity index (χ4n) is 0.719. The summed E-state index contributed by atoms with van der Waals surface area (Å²) in [5.74, 6) is -2.52. The predicted molar refractivity (Wildman–Crippen MR) is 52.1 cm³/mol. The summed E-state index contributed by atoms with van der Waals surface area (Å²) >= 11 is 0. The van der Waals surface area contributed by atoms with E-state index in [0.29, 0.717) is 0 Å². The number of carbonyl (C=O) groups excluding carboxylic acids is 1. The molecule has 0 saturated carbocycles. The summed E-state index contributed by atoms with van der Waals surface area (Å²) in [5.41, 5.74) is 2.42. The Balaban J connectivity index is 4.66. The van der Waals surface area contributed by atoms with E-state index in [1.165, 1.54) is 0 Å². The number of rotatable bonds is 3. The summed E-state index contributed by atoms with van der Waals surface area (Å²) in [4.78, 5) is 21.9. The first-order valence-corrected chi connectivity index (χ1v) is 4.41. The van der Waals surface area contributed by atoms with Gasteiger partial charge >= 0.3 is 11.9 Å². The Kier molecular flexibility index (Phi) is 3.84. The number of hydrogen-bond donors (Lipinski definition) is 3. The lowest BCUT2D eigenvalue weighted by atomic mass is 9.96. The Morgan fingerprint density at radius 1 is 1.27 bits per heavy atom. The van der Waals surface area contributed by atoms with E-state index < -0.39 is 29.2 Å². The van der Waals surface area contributed by atoms with Crippen molar-refractivity contribution in [3.05, 3.63) is 0 Å². The molecule has 0 rings (SSSR count). The first kappa shape index (κ1) is 13.9. The van der Waals surface area contributed by atoms with Crippen LogP contribution in [0.1, 0.15) is 27.7 Å². The standard InChI is InChI=1S/C9H17NO5/c1-8(2,3)15-6(12)5(11)9(4,10)7(13)14/h5,11H,10H2,1-4H3,(H,13,14)/t5?,9-/m1/s1. The zero-order chi connectivity index (χ0) is 12.4. The third kappa shape index (κ3) is 3.85. The van der Waals surface area contributed by atoms with Crippen LogP contribution in [0.2, 0.25) is 0 Å². The van der Waals surface area contributed by atoms with Gasteiger partial charge in [-0.1, -0.05) is 0 Å². The molecule has 0 radical (unpaired) electrons. The molecule has 88 valence electrons. The Labute approximate surface area is 88.0 Å². The first-order chi connectivity index (χ1) is 6.48. The molecule has 0 aliphatic carbocycles. The van der Waals surface area contributed by atoms with Crippen LogP contribution in [-0.2, 0) is 14.3 Å². The molecular weight excluding hydrogens is 202 g/mol. The lowest BCUT2D eigenvalue weighted by Gasteiger charge is -2.27. The van der Waals surface area contributed by atoms with E-state index in [0.717, 1.165) is 6.92 Å². The second-order valence-electron chi connectivity index (χ2n) is 4.52. The van der Waals surface area contributed by atoms with E-state index in [-0.39, 0.29) is 0 Å². The van der Waals surface area contributed by atoms with E-state index >= 15 is 0 Å². The van der Waals surface area contributed by atoms with Crippen LogP contribution in [-0.4, -0.2) is 39.4 Å². The number of hydrogen-bond acceptors (Lipinski definition) is 5. The maximum absolute atomic E-state index is 11.3. The minimum atomic E-state index is -2.05. The highest BCUT2D eigenvalue weighted by Gasteiger charge is 2.43. The number of aliphatic hydroxyl groups is 1. The zero-order valence-corrected chi connectivity index (χ0v) is 9.27. The second kappa shape index (κ2) is 4.16. The molecule has 0 aliphatic heterocycles. The number of carbonyl (C=O) groups is 2. The van der Waals surface area contributed by atoms with E-state index in [9.17, 15) is 14.7 Å². The molecule has 4 N–H and O–H groups in total. The van der Waals surface area contributed by atoms with Crippen LogP contribution >= 0.6 is 0 Å². The van der Waals surface area contributed by atoms with Crippen LogP contribution in [0.25, 0.3) is 0 Å². The third-order valence-corrected chi connectivity index (χ3v) is 1.66. The van der Waals surface area contributed by atoms with E-state index in [1.54, 1.807) is 20.8 Å². The van der Waals surface area contributed by atoms with Crippen molar-refractivity contribution in [1.29, 1.82) is 0 Å². The highest BCUT2D eigenvalue weighted by Crippen LogP contribution is 2.14. The van der Waals surface area contributed by atoms with Crippen LogP contribution in [0.3, 0.4) is 0 Å². The highest BCUT2D eigenvalue weighted by atomic mass is 16.6. The summed E-state index contributed by atoms with van der Waals surface area (Å²) in [6.45, 7) is 5.86. The molecule has 0 spiro atoms. The van der Waals surface area contributed by atoms with E-state index in [2.05, 4.69) is 0 Å². The van der Waals surface area contributed by atoms with Gasteiger partial charge in [-0.05, 0) is 27.7 Å². The Morgan fingerprint density at radius 3 is 1.93 bits per heavy atom. The number of aliphatic carboxylic acids is 1. The summed E-state index contributed by atoms with van der Waals surface area (Å²) in [6, 6.07) is 0. The van der Waals surface area contributed by atoms with Gasteiger partial charge in [0.25, 0.3) is 0 Å². The van der Waals surface area contributed by atoms with Crippen LogP contribution in [0.4, 0.5) is 0 Å². The normalized spacial score (nSPS) is 17.7. The number of esters is 1. The SMILES string of the molecule is CC(C)(C)OC(=O)C(O)[C@@](C)(N)C(=O)O. The van der Waals surface area contributed by atoms with Crippen molar-refractivity contribution in [2.75, 3.05) is 0 Å². The van der Waals surface area contributed by atoms with Crippen molar-refractivity contribution in [1.82, 2.24) is 0 Å². The van der Waals surface area contributed by atoms with Gasteiger partial charge in [-0.25, -0.2) is 4.79 Å². The number of ether oxygens (including phenoxy) is 1. The molecule has 0 amide bonds. The molecule has 0 aromatic rings. The molecule has 2 atom stereocenters. The molecule has 0 aromatic carbocycles. The van der Waals surface area contributed by atoms with Crippen LogP contribution < -0.4 is 5.73 Å². The minimum absolute atomic E-state index is 0.799. The van der Waals surface area contributed by atoms with Gasteiger partial charge < -0.3 is 20.7 Å². The van der Waals surface area contributed by atoms with Crippen molar-refractivity contribution < 1.29 is 24.5 Å². The van der Waals surface area contributed by atoms with Gasteiger partial charge in [0.2, 0.25) is 0 Å². The van der Waals surface area contributed by atoms with Gasteiger partial charge in [0, 0.05) is 0 Å². The summed E-state index contributed by atoms with van der Waals surface area (Å²) in [5, 5.41) is 18.1. The number of aliphatic hydroxyl groups excluding tert-OH is 1. The Bertz CT molecular complexity index is 266. The monoisotopic (exact) mass is 219 g/mol. The van der Waals surface area contributed by atoms with Crippen molar-refractivity contribution in [3.8, 4) is 0 Å². The number of carboxylic acid groups (broad SMARTS) is 1. The third-order valence-electron chi connectivity index (χ3n) is 1.66. The van der Waals surface area contributed by atoms with E-state index in [1.807, 2.05) is 0 Å². The molecule has 15 heavy (non-hydrogen) atoms. The van der Waals surface area contributed by atoms with Gasteiger partial charge in [-0.15, -0.1) is 0 Å². The lowest BCUT2D eigenvalue weighted by molar-refractivity contribution is -0.173. The molecule has 0 aromatic heterocycles. The average molecular weight is 219 g/mol. The Morgan fingerprint density at radius 2 is 1.67 bits per heavy atom. The number of nitrogens with two attached hydrogens (primary N) is 1. The average Bonchev–Trinajstić information content (AvgIpc) is 1.99. The molecule has 1 unspecified atom stereocenters. The molecule has 0 heterocycles. The van der Waals surface area contributed by atoms with Crippen molar-refractivity contribution in [2.24, 2.45) is 5.73 Å². The van der Waals surface area contributed by atoms with Gasteiger partial charge in [0.15, 0.2) is 6.10 Å². The van der Waals surface area contributed by atoms with Crippen molar-refractivity contribution >= 4 is 11.9 Å². The molecule has 6 nitrogen and oxygen atoms in total. The van der Waals surface area contributed by atoms with Crippen molar-refractivity contribution in [3.63, 3.8) is 0 Å². The molecular formula is C9H17NO5. The zero-order valence-electron chi connectivity index (χ0n) is 9.27. The molecule has 0 aliphatic rings. The van der Waals surface area contributed by atoms with Gasteiger partial charge in [0.1, 0.15) is 11.1 Å². The molecule has 0 fully saturated rings. The first-order valence-electron chi connectivity index (χ1n) is 4.41. The van der Waals surface area contributed by atoms with Crippen LogP contribution in [0.15, 0.2) is 0 Å². The summed E-state index contributed by atoms with van der Waals surface area (Å²) in [6.07, 6.45) is -1.89. The summed E-state index contributed by atoms with van der Waals surface area (Å²) in [7, 11) is 0. The largest absolute Gasteiger partial charge is 0.480 e. The van der Waals surface area contributed by atoms with Crippen molar-refractivity contribution in [2.45, 2.75) is 44.9 Å². The lowest BCUT2D eigenvalue weighted by Crippen LogP contribution is -2.58. The predicted octanol–water partition coefficient (Wildman–Crippen LogP) is -0.509. The molecule has 6 heteroatoms. The highest BCUT2D eigenvalue weighted by molar-refractivity contribution is 5.88. The quantitative estimate of drug-likeness (QED) is 0.551. The number of carboxylic acids is 1. The molecule has 0 saturated heterocycles. The van der Waals surface area contributed by atoms with Gasteiger partial charge in [-0.3, -0.25) is 4.79 Å². The maximum Gasteiger partial charge on any atom is 0.338 e. The second-order valence-corrected chi connectivity index (χ2v) is 4.52. The summed E-state index contributed by atoms with van der Waals surface area (Å²) < 4.78 is 4.80.